The first-order chi connectivity index (χ1) is 9.81. The third-order valence-electron chi connectivity index (χ3n) is 2.45. The maximum absolute atomic E-state index is 13.7. The number of pyridine rings is 1. The summed E-state index contributed by atoms with van der Waals surface area (Å²) in [7, 11) is 0. The van der Waals surface area contributed by atoms with Crippen LogP contribution in [0.3, 0.4) is 0 Å². The second-order valence-corrected chi connectivity index (χ2v) is 4.18. The van der Waals surface area contributed by atoms with Gasteiger partial charge in [0.15, 0.2) is 17.5 Å². The van der Waals surface area contributed by atoms with E-state index in [4.69, 9.17) is 22.4 Å². The normalized spacial score (nSPS) is 10.5. The number of benzene rings is 1. The lowest BCUT2D eigenvalue weighted by Crippen LogP contribution is -2.07. The van der Waals surface area contributed by atoms with Gasteiger partial charge in [-0.15, -0.1) is 0 Å². The molecule has 0 fully saturated rings. The van der Waals surface area contributed by atoms with E-state index in [-0.39, 0.29) is 16.4 Å². The highest BCUT2D eigenvalue weighted by Crippen LogP contribution is 2.34. The van der Waals surface area contributed by atoms with Crippen molar-refractivity contribution in [3.05, 3.63) is 40.7 Å². The molecule has 0 unspecified atom stereocenters. The van der Waals surface area contributed by atoms with Crippen molar-refractivity contribution in [3.8, 4) is 17.1 Å². The minimum Gasteiger partial charge on any atom is -0.449 e. The Morgan fingerprint density at radius 1 is 1.29 bits per heavy atom. The van der Waals surface area contributed by atoms with E-state index in [1.165, 1.54) is 0 Å². The minimum atomic E-state index is -1.72. The molecule has 21 heavy (non-hydrogen) atoms. The Morgan fingerprint density at radius 3 is 2.57 bits per heavy atom. The van der Waals surface area contributed by atoms with Gasteiger partial charge < -0.3 is 15.6 Å². The molecule has 0 saturated carbocycles. The van der Waals surface area contributed by atoms with E-state index in [1.54, 1.807) is 0 Å². The minimum absolute atomic E-state index is 0.165. The van der Waals surface area contributed by atoms with Crippen LogP contribution in [0.2, 0.25) is 5.02 Å². The number of carbonyl (C=O) groups is 1. The molecular weight excluding hydrogens is 313 g/mol. The van der Waals surface area contributed by atoms with Gasteiger partial charge in [-0.3, -0.25) is 0 Å². The van der Waals surface area contributed by atoms with Crippen LogP contribution in [0.4, 0.5) is 23.7 Å². The predicted octanol–water partition coefficient (Wildman–Crippen LogP) is 3.46. The fourth-order valence-electron chi connectivity index (χ4n) is 1.54. The highest BCUT2D eigenvalue weighted by molar-refractivity contribution is 6.34. The number of nitrogens with zero attached hydrogens (tertiary/aromatic N) is 1. The predicted molar refractivity (Wildman–Crippen MR) is 67.6 cm³/mol. The molecule has 1 aromatic carbocycles. The Kier molecular flexibility index (Phi) is 3.90. The summed E-state index contributed by atoms with van der Waals surface area (Å²) < 4.78 is 44.1. The standard InChI is InChI=1S/C12H6ClF3N2O3/c13-8-6(17)3-7(18-11(8)21-12(19)20)4-1-2-5(14)10(16)9(4)15/h1-3H,(H2,17,18)(H,19,20). The van der Waals surface area contributed by atoms with Crippen LogP contribution in [-0.4, -0.2) is 16.2 Å². The number of nitrogens with two attached hydrogens (primary N) is 1. The number of hydrogen-bond acceptors (Lipinski definition) is 4. The van der Waals surface area contributed by atoms with Crippen molar-refractivity contribution in [1.82, 2.24) is 4.98 Å². The summed E-state index contributed by atoms with van der Waals surface area (Å²) in [4.78, 5) is 14.1. The first-order valence-electron chi connectivity index (χ1n) is 5.32. The van der Waals surface area contributed by atoms with Gasteiger partial charge >= 0.3 is 6.16 Å². The van der Waals surface area contributed by atoms with Crippen molar-refractivity contribution >= 4 is 23.4 Å². The first kappa shape index (κ1) is 14.9. The molecule has 2 rings (SSSR count). The third kappa shape index (κ3) is 2.84. The van der Waals surface area contributed by atoms with E-state index in [2.05, 4.69) is 9.72 Å². The molecule has 5 nitrogen and oxygen atoms in total. The van der Waals surface area contributed by atoms with Gasteiger partial charge in [0.25, 0.3) is 0 Å². The van der Waals surface area contributed by atoms with Gasteiger partial charge in [-0.1, -0.05) is 11.6 Å². The molecule has 0 bridgehead atoms. The van der Waals surface area contributed by atoms with Crippen molar-refractivity contribution in [2.75, 3.05) is 5.73 Å². The van der Waals surface area contributed by atoms with E-state index >= 15 is 0 Å². The number of aromatic nitrogens is 1. The molecule has 3 N–H and O–H groups in total. The fourth-order valence-corrected chi connectivity index (χ4v) is 1.67. The van der Waals surface area contributed by atoms with Gasteiger partial charge in [0.1, 0.15) is 5.02 Å². The van der Waals surface area contributed by atoms with Gasteiger partial charge in [-0.05, 0) is 18.2 Å². The maximum Gasteiger partial charge on any atom is 0.512 e. The lowest BCUT2D eigenvalue weighted by molar-refractivity contribution is 0.142. The van der Waals surface area contributed by atoms with Gasteiger partial charge in [0.2, 0.25) is 5.88 Å². The van der Waals surface area contributed by atoms with Gasteiger partial charge in [0.05, 0.1) is 11.4 Å². The average Bonchev–Trinajstić information content (AvgIpc) is 2.41. The lowest BCUT2D eigenvalue weighted by Gasteiger charge is -2.09. The number of hydrogen-bond donors (Lipinski definition) is 2. The molecule has 1 heterocycles. The highest BCUT2D eigenvalue weighted by atomic mass is 35.5. The maximum atomic E-state index is 13.7. The molecule has 0 spiro atoms. The molecule has 0 radical (unpaired) electrons. The number of ether oxygens (including phenoxy) is 1. The summed E-state index contributed by atoms with van der Waals surface area (Å²) in [6.45, 7) is 0. The second-order valence-electron chi connectivity index (χ2n) is 3.81. The Hall–Kier alpha value is -2.48. The smallest absolute Gasteiger partial charge is 0.449 e. The van der Waals surface area contributed by atoms with E-state index in [0.29, 0.717) is 6.07 Å². The van der Waals surface area contributed by atoms with Crippen LogP contribution in [0.15, 0.2) is 18.2 Å². The van der Waals surface area contributed by atoms with Crippen molar-refractivity contribution in [2.24, 2.45) is 0 Å². The number of rotatable bonds is 2. The summed E-state index contributed by atoms with van der Waals surface area (Å²) >= 11 is 5.69. The average molecular weight is 319 g/mol. The Labute approximate surface area is 120 Å². The summed E-state index contributed by atoms with van der Waals surface area (Å²) in [5.41, 5.74) is 4.67. The molecule has 0 aliphatic heterocycles. The van der Waals surface area contributed by atoms with Crippen LogP contribution in [-0.2, 0) is 0 Å². The molecule has 0 aliphatic rings. The lowest BCUT2D eigenvalue weighted by atomic mass is 10.1. The fraction of sp³-hybridized carbons (Fsp3) is 0. The number of anilines is 1. The largest absolute Gasteiger partial charge is 0.512 e. The molecule has 0 amide bonds. The molecule has 0 saturated heterocycles. The Balaban J connectivity index is 2.62. The van der Waals surface area contributed by atoms with Gasteiger partial charge in [0, 0.05) is 5.56 Å². The van der Waals surface area contributed by atoms with Gasteiger partial charge in [-0.25, -0.2) is 22.9 Å². The van der Waals surface area contributed by atoms with E-state index in [9.17, 15) is 18.0 Å². The summed E-state index contributed by atoms with van der Waals surface area (Å²) in [5, 5.41) is 8.23. The molecule has 0 atom stereocenters. The van der Waals surface area contributed by atoms with E-state index in [0.717, 1.165) is 12.1 Å². The van der Waals surface area contributed by atoms with E-state index in [1.807, 2.05) is 0 Å². The highest BCUT2D eigenvalue weighted by Gasteiger charge is 2.19. The molecule has 0 aliphatic carbocycles. The SMILES string of the molecule is Nc1cc(-c2ccc(F)c(F)c2F)nc(OC(=O)O)c1Cl. The summed E-state index contributed by atoms with van der Waals surface area (Å²) in [5.74, 6) is -5.16. The monoisotopic (exact) mass is 318 g/mol. The number of nitrogen functional groups attached to an aromatic ring is 1. The van der Waals surface area contributed by atoms with Crippen molar-refractivity contribution in [2.45, 2.75) is 0 Å². The Bertz CT molecular complexity index is 740. The molecule has 9 heteroatoms. The summed E-state index contributed by atoms with van der Waals surface area (Å²) in [6, 6.07) is 2.69. The van der Waals surface area contributed by atoms with Crippen molar-refractivity contribution in [3.63, 3.8) is 0 Å². The van der Waals surface area contributed by atoms with Crippen LogP contribution in [0, 0.1) is 17.5 Å². The van der Waals surface area contributed by atoms with Gasteiger partial charge in [-0.2, -0.15) is 0 Å². The summed E-state index contributed by atoms with van der Waals surface area (Å²) in [6.07, 6.45) is -1.72. The van der Waals surface area contributed by atoms with Crippen LogP contribution < -0.4 is 10.5 Å². The molecule has 2 aromatic rings. The molecule has 1 aromatic heterocycles. The number of carboxylic acid groups (broad SMARTS) is 1. The van der Waals surface area contributed by atoms with E-state index < -0.39 is 35.1 Å². The van der Waals surface area contributed by atoms with Crippen molar-refractivity contribution in [1.29, 1.82) is 0 Å². The van der Waals surface area contributed by atoms with Crippen LogP contribution in [0.1, 0.15) is 0 Å². The van der Waals surface area contributed by atoms with Crippen LogP contribution in [0.25, 0.3) is 11.3 Å². The second kappa shape index (κ2) is 5.49. The topological polar surface area (TPSA) is 85.4 Å². The Morgan fingerprint density at radius 2 is 1.95 bits per heavy atom. The zero-order chi connectivity index (χ0) is 15.7. The zero-order valence-electron chi connectivity index (χ0n) is 10.0. The first-order valence-corrected chi connectivity index (χ1v) is 5.69. The van der Waals surface area contributed by atoms with Crippen molar-refractivity contribution < 1.29 is 27.8 Å². The zero-order valence-corrected chi connectivity index (χ0v) is 10.8. The third-order valence-corrected chi connectivity index (χ3v) is 2.83. The molecule has 110 valence electrons. The van der Waals surface area contributed by atoms with Crippen LogP contribution >= 0.6 is 11.6 Å². The number of halogens is 4. The molecular formula is C12H6ClF3N2O3. The van der Waals surface area contributed by atoms with Crippen LogP contribution in [0.5, 0.6) is 5.88 Å². The quantitative estimate of drug-likeness (QED) is 0.654.